The lowest BCUT2D eigenvalue weighted by Crippen LogP contribution is -2.54. The van der Waals surface area contributed by atoms with E-state index in [1.165, 1.54) is 31.4 Å². The summed E-state index contributed by atoms with van der Waals surface area (Å²) < 4.78 is 16.4. The van der Waals surface area contributed by atoms with Crippen LogP contribution in [0.1, 0.15) is 22.8 Å². The molecule has 0 aromatic heterocycles. The zero-order valence-electron chi connectivity index (χ0n) is 19.5. The first-order chi connectivity index (χ1) is 17.4. The Labute approximate surface area is 206 Å². The van der Waals surface area contributed by atoms with Gasteiger partial charge in [-0.2, -0.15) is 0 Å². The fourth-order valence-electron chi connectivity index (χ4n) is 3.56. The zero-order chi connectivity index (χ0) is 25.7. The molecule has 1 aliphatic rings. The van der Waals surface area contributed by atoms with Crippen molar-refractivity contribution < 1.29 is 33.4 Å². The van der Waals surface area contributed by atoms with Crippen LogP contribution in [0.5, 0.6) is 17.2 Å². The Morgan fingerprint density at radius 1 is 0.917 bits per heavy atom. The number of imide groups is 2. The van der Waals surface area contributed by atoms with E-state index in [0.29, 0.717) is 11.1 Å². The molecular weight excluding hydrogens is 464 g/mol. The number of esters is 1. The smallest absolute Gasteiger partial charge is 0.343 e. The van der Waals surface area contributed by atoms with Crippen LogP contribution in [0.3, 0.4) is 0 Å². The molecule has 0 radical (unpaired) electrons. The van der Waals surface area contributed by atoms with Crippen molar-refractivity contribution in [2.75, 3.05) is 18.6 Å². The topological polar surface area (TPSA) is 111 Å². The molecule has 3 aromatic carbocycles. The van der Waals surface area contributed by atoms with E-state index in [-0.39, 0.29) is 35.1 Å². The van der Waals surface area contributed by atoms with Crippen LogP contribution in [0.25, 0.3) is 6.08 Å². The first-order valence-electron chi connectivity index (χ1n) is 11.0. The number of nitrogens with one attached hydrogen (secondary N) is 1. The fourth-order valence-corrected chi connectivity index (χ4v) is 3.56. The predicted molar refractivity (Wildman–Crippen MR) is 131 cm³/mol. The highest BCUT2D eigenvalue weighted by Crippen LogP contribution is 2.33. The molecule has 9 heteroatoms. The number of para-hydroxylation sites is 2. The monoisotopic (exact) mass is 486 g/mol. The number of hydrogen-bond acceptors (Lipinski definition) is 7. The van der Waals surface area contributed by atoms with Crippen LogP contribution in [-0.2, 0) is 9.59 Å². The first-order valence-corrected chi connectivity index (χ1v) is 11.0. The predicted octanol–water partition coefficient (Wildman–Crippen LogP) is 3.98. The Balaban J connectivity index is 1.66. The molecule has 1 N–H and O–H groups in total. The van der Waals surface area contributed by atoms with Crippen molar-refractivity contribution in [2.45, 2.75) is 6.92 Å². The van der Waals surface area contributed by atoms with Crippen molar-refractivity contribution in [1.82, 2.24) is 5.32 Å². The minimum atomic E-state index is -0.884. The summed E-state index contributed by atoms with van der Waals surface area (Å²) in [6, 6.07) is 18.7. The lowest BCUT2D eigenvalue weighted by molar-refractivity contribution is -0.122. The van der Waals surface area contributed by atoms with Gasteiger partial charge in [0.25, 0.3) is 11.8 Å². The van der Waals surface area contributed by atoms with Crippen molar-refractivity contribution in [3.63, 3.8) is 0 Å². The van der Waals surface area contributed by atoms with E-state index in [1.54, 1.807) is 61.5 Å². The quantitative estimate of drug-likeness (QED) is 0.233. The summed E-state index contributed by atoms with van der Waals surface area (Å²) in [6.07, 6.45) is 1.33. The number of rotatable bonds is 7. The molecule has 0 unspecified atom stereocenters. The van der Waals surface area contributed by atoms with Crippen molar-refractivity contribution in [3.8, 4) is 17.2 Å². The van der Waals surface area contributed by atoms with Crippen LogP contribution in [-0.4, -0.2) is 37.5 Å². The second kappa shape index (κ2) is 10.6. The number of nitrogens with zero attached hydrogens (tertiary/aromatic N) is 1. The average Bonchev–Trinajstić information content (AvgIpc) is 2.88. The maximum absolute atomic E-state index is 13.2. The highest BCUT2D eigenvalue weighted by Gasteiger charge is 2.38. The van der Waals surface area contributed by atoms with Crippen LogP contribution in [0.4, 0.5) is 10.5 Å². The molecule has 0 spiro atoms. The van der Waals surface area contributed by atoms with E-state index in [0.717, 1.165) is 4.90 Å². The van der Waals surface area contributed by atoms with Crippen molar-refractivity contribution in [2.24, 2.45) is 0 Å². The summed E-state index contributed by atoms with van der Waals surface area (Å²) in [4.78, 5) is 51.6. The van der Waals surface area contributed by atoms with Crippen LogP contribution in [0.15, 0.2) is 78.4 Å². The highest BCUT2D eigenvalue weighted by molar-refractivity contribution is 6.39. The summed E-state index contributed by atoms with van der Waals surface area (Å²) in [5, 5.41) is 2.18. The largest absolute Gasteiger partial charge is 0.495 e. The van der Waals surface area contributed by atoms with E-state index < -0.39 is 23.8 Å². The summed E-state index contributed by atoms with van der Waals surface area (Å²) in [5.74, 6) is -1.50. The minimum Gasteiger partial charge on any atom is -0.495 e. The number of hydrogen-bond donors (Lipinski definition) is 1. The molecule has 1 heterocycles. The van der Waals surface area contributed by atoms with E-state index >= 15 is 0 Å². The SMILES string of the molecule is CCOc1cc(C=C2C(=O)NC(=O)N(c3ccccc3OC)C2=O)ccc1OC(=O)c1ccccc1. The Morgan fingerprint density at radius 2 is 1.64 bits per heavy atom. The normalized spacial score (nSPS) is 14.4. The fraction of sp³-hybridized carbons (Fsp3) is 0.111. The van der Waals surface area contributed by atoms with E-state index in [9.17, 15) is 19.2 Å². The number of urea groups is 1. The Bertz CT molecular complexity index is 1370. The van der Waals surface area contributed by atoms with Gasteiger partial charge in [-0.05, 0) is 55.0 Å². The summed E-state index contributed by atoms with van der Waals surface area (Å²) >= 11 is 0. The molecule has 0 bridgehead atoms. The van der Waals surface area contributed by atoms with Gasteiger partial charge >= 0.3 is 12.0 Å². The van der Waals surface area contributed by atoms with Gasteiger partial charge in [-0.1, -0.05) is 36.4 Å². The second-order valence-electron chi connectivity index (χ2n) is 7.52. The van der Waals surface area contributed by atoms with Gasteiger partial charge in [0.05, 0.1) is 25.0 Å². The Hall–Kier alpha value is -4.92. The molecule has 4 rings (SSSR count). The summed E-state index contributed by atoms with van der Waals surface area (Å²) in [7, 11) is 1.41. The number of barbiturate groups is 1. The molecule has 1 saturated heterocycles. The minimum absolute atomic E-state index is 0.179. The molecule has 9 nitrogen and oxygen atoms in total. The second-order valence-corrected chi connectivity index (χ2v) is 7.52. The van der Waals surface area contributed by atoms with E-state index in [1.807, 2.05) is 0 Å². The molecule has 0 aliphatic carbocycles. The molecule has 3 aromatic rings. The van der Waals surface area contributed by atoms with E-state index in [2.05, 4.69) is 5.32 Å². The number of methoxy groups -OCH3 is 1. The molecule has 36 heavy (non-hydrogen) atoms. The van der Waals surface area contributed by atoms with Crippen molar-refractivity contribution in [1.29, 1.82) is 0 Å². The summed E-state index contributed by atoms with van der Waals surface area (Å²) in [5.41, 5.74) is 0.721. The van der Waals surface area contributed by atoms with Gasteiger partial charge in [-0.25, -0.2) is 14.5 Å². The van der Waals surface area contributed by atoms with Gasteiger partial charge < -0.3 is 14.2 Å². The standard InChI is InChI=1S/C27H22N2O7/c1-3-35-23-16-17(13-14-22(23)36-26(32)18-9-5-4-6-10-18)15-19-24(30)28-27(33)29(25(19)31)20-11-7-8-12-21(20)34-2/h4-16H,3H2,1-2H3,(H,28,30,33). The number of amides is 4. The lowest BCUT2D eigenvalue weighted by Gasteiger charge is -2.27. The van der Waals surface area contributed by atoms with Gasteiger partial charge in [-0.3, -0.25) is 14.9 Å². The number of carbonyl (C=O) groups excluding carboxylic acids is 4. The third-order valence-corrected chi connectivity index (χ3v) is 5.22. The van der Waals surface area contributed by atoms with Gasteiger partial charge in [0.15, 0.2) is 11.5 Å². The van der Waals surface area contributed by atoms with Gasteiger partial charge in [0.2, 0.25) is 0 Å². The molecular formula is C27H22N2O7. The highest BCUT2D eigenvalue weighted by atomic mass is 16.6. The third-order valence-electron chi connectivity index (χ3n) is 5.22. The number of carbonyl (C=O) groups is 4. The Kier molecular flexibility index (Phi) is 7.10. The molecule has 0 saturated carbocycles. The number of anilines is 1. The maximum Gasteiger partial charge on any atom is 0.343 e. The third kappa shape index (κ3) is 4.95. The van der Waals surface area contributed by atoms with Crippen LogP contribution < -0.4 is 24.4 Å². The molecule has 182 valence electrons. The van der Waals surface area contributed by atoms with Crippen LogP contribution >= 0.6 is 0 Å². The van der Waals surface area contributed by atoms with E-state index in [4.69, 9.17) is 14.2 Å². The van der Waals surface area contributed by atoms with Crippen molar-refractivity contribution in [3.05, 3.63) is 89.5 Å². The van der Waals surface area contributed by atoms with Crippen LogP contribution in [0.2, 0.25) is 0 Å². The molecule has 1 fully saturated rings. The number of benzene rings is 3. The number of ether oxygens (including phenoxy) is 3. The van der Waals surface area contributed by atoms with Crippen molar-refractivity contribution >= 4 is 35.6 Å². The maximum atomic E-state index is 13.2. The lowest BCUT2D eigenvalue weighted by atomic mass is 10.1. The zero-order valence-corrected chi connectivity index (χ0v) is 19.5. The average molecular weight is 486 g/mol. The summed E-state index contributed by atoms with van der Waals surface area (Å²) in [6.45, 7) is 2.05. The Morgan fingerprint density at radius 3 is 2.36 bits per heavy atom. The van der Waals surface area contributed by atoms with Crippen LogP contribution in [0, 0.1) is 0 Å². The van der Waals surface area contributed by atoms with Gasteiger partial charge in [0.1, 0.15) is 11.3 Å². The molecule has 4 amide bonds. The first kappa shape index (κ1) is 24.2. The van der Waals surface area contributed by atoms with Gasteiger partial charge in [0, 0.05) is 0 Å². The molecule has 0 atom stereocenters. The molecule has 1 aliphatic heterocycles. The van der Waals surface area contributed by atoms with Gasteiger partial charge in [-0.15, -0.1) is 0 Å².